The average molecular weight is 637 g/mol. The first-order chi connectivity index (χ1) is 20.7. The Morgan fingerprint density at radius 2 is 1.71 bits per heavy atom. The van der Waals surface area contributed by atoms with Gasteiger partial charge in [0.2, 0.25) is 0 Å². The molecule has 13 atom stereocenters. The Balaban J connectivity index is 1.78. The number of aliphatic hydroxyl groups excluding tert-OH is 3. The molecular weight excluding hydrogens is 576 g/mol. The molecule has 0 radical (unpaired) electrons. The molecule has 3 saturated carbocycles. The maximum absolute atomic E-state index is 12.2. The molecule has 5 N–H and O–H groups in total. The van der Waals surface area contributed by atoms with Crippen molar-refractivity contribution in [2.24, 2.45) is 39.9 Å². The molecular formula is C36H60O9. The first-order valence-electron chi connectivity index (χ1n) is 16.9. The summed E-state index contributed by atoms with van der Waals surface area (Å²) in [7, 11) is 1.66. The fourth-order valence-corrected chi connectivity index (χ4v) is 10.3. The smallest absolute Gasteiger partial charge is 0.303 e. The molecule has 0 aromatic rings. The number of carboxylic acids is 1. The molecule has 0 aromatic heterocycles. The SMILES string of the molecule is C=C(C)C1CCC2(C)C(CC(OC3OCC(O)C(O)C3O)C3C(C(C)(O)CC=CC(C)(C)OC)CCC32C)C1(C)CCC(=O)O. The third-order valence-electron chi connectivity index (χ3n) is 13.2. The monoisotopic (exact) mass is 636 g/mol. The number of aliphatic hydroxyl groups is 4. The van der Waals surface area contributed by atoms with E-state index < -0.39 is 47.9 Å². The predicted octanol–water partition coefficient (Wildman–Crippen LogP) is 4.85. The van der Waals surface area contributed by atoms with E-state index in [0.29, 0.717) is 19.3 Å². The quantitative estimate of drug-likeness (QED) is 0.159. The van der Waals surface area contributed by atoms with Crippen molar-refractivity contribution in [2.45, 2.75) is 142 Å². The van der Waals surface area contributed by atoms with Crippen molar-refractivity contribution >= 4 is 5.97 Å². The lowest BCUT2D eigenvalue weighted by Gasteiger charge is -2.68. The van der Waals surface area contributed by atoms with Crippen LogP contribution in [0.25, 0.3) is 0 Å². The van der Waals surface area contributed by atoms with E-state index in [1.54, 1.807) is 7.11 Å². The highest BCUT2D eigenvalue weighted by atomic mass is 16.7. The summed E-state index contributed by atoms with van der Waals surface area (Å²) in [6.45, 7) is 19.0. The van der Waals surface area contributed by atoms with Crippen LogP contribution in [0.3, 0.4) is 0 Å². The Labute approximate surface area is 270 Å². The van der Waals surface area contributed by atoms with Crippen molar-refractivity contribution in [3.63, 3.8) is 0 Å². The Morgan fingerprint density at radius 1 is 1.07 bits per heavy atom. The first-order valence-corrected chi connectivity index (χ1v) is 16.9. The van der Waals surface area contributed by atoms with Crippen molar-refractivity contribution < 1.29 is 44.5 Å². The highest BCUT2D eigenvalue weighted by Crippen LogP contribution is 2.74. The van der Waals surface area contributed by atoms with Crippen LogP contribution in [0.15, 0.2) is 24.3 Å². The van der Waals surface area contributed by atoms with Gasteiger partial charge in [0.15, 0.2) is 6.29 Å². The fourth-order valence-electron chi connectivity index (χ4n) is 10.3. The highest BCUT2D eigenvalue weighted by Gasteiger charge is 2.70. The number of ether oxygens (including phenoxy) is 3. The molecule has 258 valence electrons. The zero-order chi connectivity index (χ0) is 33.8. The van der Waals surface area contributed by atoms with Gasteiger partial charge in [0.25, 0.3) is 0 Å². The molecule has 13 unspecified atom stereocenters. The molecule has 45 heavy (non-hydrogen) atoms. The molecule has 9 heteroatoms. The molecule has 9 nitrogen and oxygen atoms in total. The molecule has 0 spiro atoms. The van der Waals surface area contributed by atoms with Crippen molar-refractivity contribution in [1.82, 2.24) is 0 Å². The van der Waals surface area contributed by atoms with E-state index in [9.17, 15) is 30.3 Å². The number of carbonyl (C=O) groups is 1. The second-order valence-corrected chi connectivity index (χ2v) is 16.3. The van der Waals surface area contributed by atoms with Crippen LogP contribution in [0.1, 0.15) is 99.8 Å². The zero-order valence-electron chi connectivity index (χ0n) is 28.8. The van der Waals surface area contributed by atoms with Crippen LogP contribution in [0, 0.1) is 39.9 Å². The Bertz CT molecular complexity index is 1120. The summed E-state index contributed by atoms with van der Waals surface area (Å²) < 4.78 is 18.1. The van der Waals surface area contributed by atoms with Crippen molar-refractivity contribution in [3.8, 4) is 0 Å². The minimum Gasteiger partial charge on any atom is -0.481 e. The number of rotatable bonds is 11. The number of methoxy groups -OCH3 is 1. The minimum absolute atomic E-state index is 0.0640. The third kappa shape index (κ3) is 6.57. The minimum atomic E-state index is -1.43. The van der Waals surface area contributed by atoms with E-state index in [1.165, 1.54) is 0 Å². The summed E-state index contributed by atoms with van der Waals surface area (Å²) in [5.41, 5.74) is -1.25. The molecule has 0 aromatic carbocycles. The lowest BCUT2D eigenvalue weighted by Crippen LogP contribution is -2.65. The number of allylic oxidation sites excluding steroid dienone is 1. The van der Waals surface area contributed by atoms with Gasteiger partial charge in [0, 0.05) is 13.5 Å². The average Bonchev–Trinajstić information content (AvgIpc) is 3.33. The second kappa shape index (κ2) is 12.9. The number of aliphatic carboxylic acids is 1. The van der Waals surface area contributed by atoms with Gasteiger partial charge in [-0.3, -0.25) is 4.79 Å². The van der Waals surface area contributed by atoms with Gasteiger partial charge in [0.05, 0.1) is 23.9 Å². The van der Waals surface area contributed by atoms with Gasteiger partial charge in [-0.25, -0.2) is 0 Å². The van der Waals surface area contributed by atoms with Crippen LogP contribution in [-0.4, -0.2) is 87.1 Å². The number of hydrogen-bond donors (Lipinski definition) is 5. The van der Waals surface area contributed by atoms with Crippen molar-refractivity contribution in [1.29, 1.82) is 0 Å². The largest absolute Gasteiger partial charge is 0.481 e. The van der Waals surface area contributed by atoms with Gasteiger partial charge < -0.3 is 39.7 Å². The molecule has 3 aliphatic carbocycles. The molecule has 0 amide bonds. The second-order valence-electron chi connectivity index (χ2n) is 16.3. The topological polar surface area (TPSA) is 146 Å². The van der Waals surface area contributed by atoms with E-state index in [0.717, 1.165) is 31.3 Å². The van der Waals surface area contributed by atoms with E-state index in [4.69, 9.17) is 14.2 Å². The van der Waals surface area contributed by atoms with E-state index in [2.05, 4.69) is 27.4 Å². The molecule has 1 aliphatic heterocycles. The van der Waals surface area contributed by atoms with E-state index in [1.807, 2.05) is 39.8 Å². The van der Waals surface area contributed by atoms with E-state index >= 15 is 0 Å². The number of carboxylic acid groups (broad SMARTS) is 1. The normalized spacial score (nSPS) is 45.1. The lowest BCUT2D eigenvalue weighted by atomic mass is 9.37. The van der Waals surface area contributed by atoms with Gasteiger partial charge in [-0.15, -0.1) is 0 Å². The number of hydrogen-bond acceptors (Lipinski definition) is 8. The van der Waals surface area contributed by atoms with Crippen molar-refractivity contribution in [2.75, 3.05) is 13.7 Å². The van der Waals surface area contributed by atoms with Gasteiger partial charge >= 0.3 is 5.97 Å². The summed E-state index contributed by atoms with van der Waals surface area (Å²) in [6, 6.07) is 0. The first kappa shape index (κ1) is 36.5. The molecule has 1 heterocycles. The summed E-state index contributed by atoms with van der Waals surface area (Å²) in [4.78, 5) is 11.9. The third-order valence-corrected chi connectivity index (χ3v) is 13.2. The van der Waals surface area contributed by atoms with Crippen LogP contribution in [-0.2, 0) is 19.0 Å². The summed E-state index contributed by atoms with van der Waals surface area (Å²) >= 11 is 0. The van der Waals surface area contributed by atoms with Crippen molar-refractivity contribution in [3.05, 3.63) is 24.3 Å². The number of fused-ring (bicyclic) bond motifs is 3. The highest BCUT2D eigenvalue weighted by molar-refractivity contribution is 5.66. The molecule has 4 aliphatic rings. The van der Waals surface area contributed by atoms with Gasteiger partial charge in [-0.2, -0.15) is 0 Å². The lowest BCUT2D eigenvalue weighted by molar-refractivity contribution is -0.312. The molecule has 1 saturated heterocycles. The van der Waals surface area contributed by atoms with Gasteiger partial charge in [-0.05, 0) is 113 Å². The summed E-state index contributed by atoms with van der Waals surface area (Å²) in [5, 5.41) is 53.5. The predicted molar refractivity (Wildman–Crippen MR) is 171 cm³/mol. The Hall–Kier alpha value is -1.33. The zero-order valence-corrected chi connectivity index (χ0v) is 28.8. The molecule has 0 bridgehead atoms. The standard InChI is InChI=1S/C36H60O9/c1-21(2)22-11-17-34(6)26(33(22,5)16-13-27(38)39)19-25(45-31-30(41)29(40)24(37)20-44-31)28-23(12-18-35(28,34)7)36(8,42)15-10-14-32(3,4)43-9/h10,14,22-26,28-31,37,40-42H,1,11-13,15-20H2,2-9H3,(H,38,39). The molecule has 4 rings (SSSR count). The van der Waals surface area contributed by atoms with Crippen LogP contribution < -0.4 is 0 Å². The van der Waals surface area contributed by atoms with Crippen LogP contribution >= 0.6 is 0 Å². The van der Waals surface area contributed by atoms with Gasteiger partial charge in [-0.1, -0.05) is 45.1 Å². The summed E-state index contributed by atoms with van der Waals surface area (Å²) in [6.07, 6.45) is 3.53. The maximum Gasteiger partial charge on any atom is 0.303 e. The fraction of sp³-hybridized carbons (Fsp3) is 0.861. The molecule has 4 fully saturated rings. The van der Waals surface area contributed by atoms with Crippen LogP contribution in [0.4, 0.5) is 0 Å². The van der Waals surface area contributed by atoms with Gasteiger partial charge in [0.1, 0.15) is 18.3 Å². The maximum atomic E-state index is 12.2. The summed E-state index contributed by atoms with van der Waals surface area (Å²) in [5.74, 6) is -0.805. The Morgan fingerprint density at radius 3 is 2.31 bits per heavy atom. The van der Waals surface area contributed by atoms with E-state index in [-0.39, 0.29) is 52.9 Å². The van der Waals surface area contributed by atoms with Crippen LogP contribution in [0.5, 0.6) is 0 Å². The Kier molecular flexibility index (Phi) is 10.5. The van der Waals surface area contributed by atoms with Crippen LogP contribution in [0.2, 0.25) is 0 Å².